The molecule has 0 bridgehead atoms. The van der Waals surface area contributed by atoms with E-state index in [-0.39, 0.29) is 35.6 Å². The third-order valence-electron chi connectivity index (χ3n) is 7.91. The van der Waals surface area contributed by atoms with Gasteiger partial charge in [0.15, 0.2) is 0 Å². The maximum absolute atomic E-state index is 2.55. The molecular formula is C34H34Cl2Zr. The van der Waals surface area contributed by atoms with E-state index in [0.717, 1.165) is 0 Å². The summed E-state index contributed by atoms with van der Waals surface area (Å²) >= 11 is -0.970. The average Bonchev–Trinajstić information content (AvgIpc) is 3.31. The SMILES string of the molecule is CC(C)(C)c1ccc2c(c1)[CH]([Zr+2][CH]1c3ccccc3-c3ccc(C(C)(C)C)cc31)c1ccccc1-2.[Cl-].[Cl-]. The molecule has 0 saturated carbocycles. The van der Waals surface area contributed by atoms with Crippen molar-refractivity contribution in [1.29, 1.82) is 0 Å². The van der Waals surface area contributed by atoms with E-state index in [2.05, 4.69) is 126 Å². The third kappa shape index (κ3) is 4.82. The molecule has 0 saturated heterocycles. The fraction of sp³-hybridized carbons (Fsp3) is 0.294. The van der Waals surface area contributed by atoms with Crippen molar-refractivity contribution >= 4 is 0 Å². The minimum Gasteiger partial charge on any atom is -1.00 e. The molecule has 2 atom stereocenters. The molecule has 0 N–H and O–H groups in total. The van der Waals surface area contributed by atoms with Crippen LogP contribution in [0, 0.1) is 0 Å². The Bertz CT molecular complexity index is 1340. The predicted octanol–water partition coefficient (Wildman–Crippen LogP) is 3.21. The molecule has 188 valence electrons. The molecule has 37 heavy (non-hydrogen) atoms. The van der Waals surface area contributed by atoms with E-state index in [1.54, 1.807) is 22.3 Å². The summed E-state index contributed by atoms with van der Waals surface area (Å²) in [7, 11) is 0. The number of rotatable bonds is 2. The van der Waals surface area contributed by atoms with Gasteiger partial charge in [-0.1, -0.05) is 0 Å². The van der Waals surface area contributed by atoms with Crippen molar-refractivity contribution in [3.63, 3.8) is 0 Å². The number of hydrogen-bond acceptors (Lipinski definition) is 0. The van der Waals surface area contributed by atoms with Crippen molar-refractivity contribution in [2.24, 2.45) is 0 Å². The van der Waals surface area contributed by atoms with Gasteiger partial charge in [-0.25, -0.2) is 0 Å². The summed E-state index contributed by atoms with van der Waals surface area (Å²) in [6, 6.07) is 33.1. The van der Waals surface area contributed by atoms with Gasteiger partial charge in [-0.3, -0.25) is 0 Å². The molecule has 4 aromatic rings. The van der Waals surface area contributed by atoms with Crippen LogP contribution in [-0.4, -0.2) is 0 Å². The smallest absolute Gasteiger partial charge is 1.00 e. The standard InChI is InChI=1S/2C17H17.2ClH.Zr/c2*1-17(2,3)14-8-9-16-13(11-14)10-12-6-4-5-7-15(12)16;;;/h2*4-11H,1-3H3;2*1H;/q;;;;+2/p-2. The zero-order chi connectivity index (χ0) is 24.5. The molecule has 2 aliphatic carbocycles. The van der Waals surface area contributed by atoms with Crippen LogP contribution in [-0.2, 0) is 34.1 Å². The van der Waals surface area contributed by atoms with Crippen molar-refractivity contribution in [1.82, 2.24) is 0 Å². The second kappa shape index (κ2) is 10.1. The zero-order valence-corrected chi connectivity index (χ0v) is 26.5. The third-order valence-corrected chi connectivity index (χ3v) is 12.6. The Morgan fingerprint density at radius 2 is 0.811 bits per heavy atom. The monoisotopic (exact) mass is 602 g/mol. The molecule has 6 rings (SSSR count). The summed E-state index contributed by atoms with van der Waals surface area (Å²) in [4.78, 5) is 0. The predicted molar refractivity (Wildman–Crippen MR) is 145 cm³/mol. The van der Waals surface area contributed by atoms with E-state index >= 15 is 0 Å². The van der Waals surface area contributed by atoms with Crippen LogP contribution in [0.5, 0.6) is 0 Å². The summed E-state index contributed by atoms with van der Waals surface area (Å²) in [5, 5.41) is 0. The Morgan fingerprint density at radius 3 is 1.19 bits per heavy atom. The van der Waals surface area contributed by atoms with Crippen LogP contribution in [0.3, 0.4) is 0 Å². The molecule has 4 aromatic carbocycles. The first-order valence-electron chi connectivity index (χ1n) is 12.9. The van der Waals surface area contributed by atoms with Gasteiger partial charge in [-0.2, -0.15) is 0 Å². The molecule has 0 aromatic heterocycles. The van der Waals surface area contributed by atoms with E-state index < -0.39 is 23.2 Å². The fourth-order valence-electron chi connectivity index (χ4n) is 5.88. The number of halogens is 2. The molecule has 0 radical (unpaired) electrons. The van der Waals surface area contributed by atoms with Crippen LogP contribution in [0.2, 0.25) is 0 Å². The second-order valence-corrected chi connectivity index (χ2v) is 16.0. The van der Waals surface area contributed by atoms with E-state index in [9.17, 15) is 0 Å². The molecule has 0 spiro atoms. The van der Waals surface area contributed by atoms with Crippen LogP contribution in [0.1, 0.15) is 82.2 Å². The summed E-state index contributed by atoms with van der Waals surface area (Å²) in [6.07, 6.45) is 0. The van der Waals surface area contributed by atoms with Crippen LogP contribution < -0.4 is 24.8 Å². The summed E-state index contributed by atoms with van der Waals surface area (Å²) < 4.78 is 1.16. The Kier molecular flexibility index (Phi) is 7.78. The number of fused-ring (bicyclic) bond motifs is 6. The largest absolute Gasteiger partial charge is 1.00 e. The van der Waals surface area contributed by atoms with Gasteiger partial charge >= 0.3 is 223 Å². The minimum absolute atomic E-state index is 0. The molecule has 0 heterocycles. The van der Waals surface area contributed by atoms with Crippen LogP contribution in [0.25, 0.3) is 22.3 Å². The van der Waals surface area contributed by atoms with Gasteiger partial charge in [0.2, 0.25) is 0 Å². The molecule has 2 unspecified atom stereocenters. The van der Waals surface area contributed by atoms with Gasteiger partial charge in [0.05, 0.1) is 0 Å². The van der Waals surface area contributed by atoms with Crippen molar-refractivity contribution < 1.29 is 48.0 Å². The van der Waals surface area contributed by atoms with E-state index in [1.807, 2.05) is 0 Å². The number of benzene rings is 4. The molecule has 3 heteroatoms. The summed E-state index contributed by atoms with van der Waals surface area (Å²) in [6.45, 7) is 14.0. The van der Waals surface area contributed by atoms with Crippen molar-refractivity contribution in [3.8, 4) is 22.3 Å². The average molecular weight is 605 g/mol. The molecule has 2 aliphatic rings. The van der Waals surface area contributed by atoms with E-state index in [4.69, 9.17) is 0 Å². The molecule has 0 fully saturated rings. The zero-order valence-electron chi connectivity index (χ0n) is 22.5. The van der Waals surface area contributed by atoms with Gasteiger partial charge in [0.1, 0.15) is 0 Å². The topological polar surface area (TPSA) is 0 Å². The molecule has 0 nitrogen and oxygen atoms in total. The first kappa shape index (κ1) is 28.4. The Balaban J connectivity index is 0.00000160. The van der Waals surface area contributed by atoms with Crippen LogP contribution in [0.4, 0.5) is 0 Å². The van der Waals surface area contributed by atoms with Gasteiger partial charge < -0.3 is 24.8 Å². The summed E-state index contributed by atoms with van der Waals surface area (Å²) in [5.41, 5.74) is 15.4. The maximum Gasteiger partial charge on any atom is -1.00 e. The molecule has 0 aliphatic heterocycles. The quantitative estimate of drug-likeness (QED) is 0.330. The van der Waals surface area contributed by atoms with Crippen molar-refractivity contribution in [3.05, 3.63) is 118 Å². The summed E-state index contributed by atoms with van der Waals surface area (Å²) in [5.74, 6) is 0. The van der Waals surface area contributed by atoms with Crippen molar-refractivity contribution in [2.75, 3.05) is 0 Å². The van der Waals surface area contributed by atoms with Gasteiger partial charge in [-0.05, 0) is 0 Å². The first-order chi connectivity index (χ1) is 16.6. The Hall–Kier alpha value is -1.66. The van der Waals surface area contributed by atoms with Gasteiger partial charge in [0, 0.05) is 0 Å². The normalized spacial score (nSPS) is 16.9. The van der Waals surface area contributed by atoms with Gasteiger partial charge in [-0.15, -0.1) is 0 Å². The minimum atomic E-state index is -0.970. The molecule has 0 amide bonds. The fourth-order valence-corrected chi connectivity index (χ4v) is 10.9. The Labute approximate surface area is 246 Å². The Morgan fingerprint density at radius 1 is 0.459 bits per heavy atom. The van der Waals surface area contributed by atoms with Crippen molar-refractivity contribution in [2.45, 2.75) is 59.6 Å². The van der Waals surface area contributed by atoms with Crippen LogP contribution in [0.15, 0.2) is 84.9 Å². The van der Waals surface area contributed by atoms with Crippen LogP contribution >= 0.6 is 0 Å². The van der Waals surface area contributed by atoms with E-state index in [1.165, 1.54) is 33.4 Å². The number of hydrogen-bond donors (Lipinski definition) is 0. The second-order valence-electron chi connectivity index (χ2n) is 12.3. The maximum atomic E-state index is 2.55. The molecular weight excluding hydrogens is 571 g/mol. The van der Waals surface area contributed by atoms with Gasteiger partial charge in [0.25, 0.3) is 0 Å². The van der Waals surface area contributed by atoms with E-state index in [0.29, 0.717) is 7.25 Å². The first-order valence-corrected chi connectivity index (χ1v) is 15.7.